The lowest BCUT2D eigenvalue weighted by Gasteiger charge is -2.18. The maximum absolute atomic E-state index is 13.0. The van der Waals surface area contributed by atoms with Crippen LogP contribution in [0.2, 0.25) is 0 Å². The van der Waals surface area contributed by atoms with Gasteiger partial charge in [-0.2, -0.15) is 0 Å². The summed E-state index contributed by atoms with van der Waals surface area (Å²) in [4.78, 5) is 48.9. The third-order valence-electron chi connectivity index (χ3n) is 6.36. The van der Waals surface area contributed by atoms with Crippen LogP contribution < -0.4 is 10.9 Å². The summed E-state index contributed by atoms with van der Waals surface area (Å²) in [7, 11) is 0. The first-order valence-corrected chi connectivity index (χ1v) is 14.8. The Labute approximate surface area is 226 Å². The zero-order chi connectivity index (χ0) is 26.1. The number of amides is 1. The molecule has 1 amide bonds. The van der Waals surface area contributed by atoms with Gasteiger partial charge in [0.25, 0.3) is 5.56 Å². The van der Waals surface area contributed by atoms with Crippen molar-refractivity contribution in [3.8, 4) is 11.1 Å². The van der Waals surface area contributed by atoms with E-state index in [1.807, 2.05) is 37.3 Å². The maximum atomic E-state index is 13.0. The van der Waals surface area contributed by atoms with Crippen LogP contribution >= 0.6 is 34.4 Å². The molecule has 0 fully saturated rings. The summed E-state index contributed by atoms with van der Waals surface area (Å²) < 4.78 is 5.29. The van der Waals surface area contributed by atoms with Crippen LogP contribution in [0.15, 0.2) is 40.3 Å². The number of hydrogen-bond acceptors (Lipinski definition) is 8. The number of carbonyl (C=O) groups is 2. The normalized spacial score (nSPS) is 14.9. The second-order valence-electron chi connectivity index (χ2n) is 9.06. The Bertz CT molecular complexity index is 1540. The van der Waals surface area contributed by atoms with Crippen LogP contribution in [0.1, 0.15) is 45.9 Å². The fourth-order valence-electron chi connectivity index (χ4n) is 4.67. The number of aromatic amines is 1. The minimum absolute atomic E-state index is 0.0472. The highest BCUT2D eigenvalue weighted by molar-refractivity contribution is 7.99. The molecule has 0 aliphatic heterocycles. The lowest BCUT2D eigenvalue weighted by molar-refractivity contribution is -0.113. The number of ether oxygens (including phenoxy) is 1. The number of carbonyl (C=O) groups excluding carboxylic acids is 2. The van der Waals surface area contributed by atoms with Crippen LogP contribution in [0.5, 0.6) is 0 Å². The van der Waals surface area contributed by atoms with E-state index in [0.29, 0.717) is 31.9 Å². The van der Waals surface area contributed by atoms with Gasteiger partial charge in [-0.15, -0.1) is 22.7 Å². The highest BCUT2D eigenvalue weighted by atomic mass is 32.2. The molecule has 10 heteroatoms. The van der Waals surface area contributed by atoms with Crippen molar-refractivity contribution < 1.29 is 14.3 Å². The van der Waals surface area contributed by atoms with E-state index in [1.165, 1.54) is 22.7 Å². The Kier molecular flexibility index (Phi) is 7.50. The standard InChI is InChI=1S/C27H27N3O4S3/c1-4-34-26(33)21-17-11-10-14(2)12-18(17)37-24(21)28-19(31)13-35-27-29-23(32)22-20(15(3)36-25(22)30-27)16-8-6-5-7-9-16/h5-9,14H,4,10-13H2,1-3H3,(H,28,31)(H,29,30,32). The van der Waals surface area contributed by atoms with E-state index in [2.05, 4.69) is 22.2 Å². The summed E-state index contributed by atoms with van der Waals surface area (Å²) in [6.45, 7) is 6.23. The summed E-state index contributed by atoms with van der Waals surface area (Å²) in [5.74, 6) is -0.0686. The Hall–Kier alpha value is -2.95. The van der Waals surface area contributed by atoms with Crippen molar-refractivity contribution in [3.05, 3.63) is 61.6 Å². The molecule has 0 saturated heterocycles. The number of esters is 1. The summed E-state index contributed by atoms with van der Waals surface area (Å²) in [5.41, 5.74) is 3.14. The Balaban J connectivity index is 1.35. The zero-order valence-electron chi connectivity index (χ0n) is 20.8. The molecule has 192 valence electrons. The van der Waals surface area contributed by atoms with Gasteiger partial charge in [0, 0.05) is 15.3 Å². The molecular weight excluding hydrogens is 527 g/mol. The van der Waals surface area contributed by atoms with Crippen molar-refractivity contribution in [2.24, 2.45) is 5.92 Å². The van der Waals surface area contributed by atoms with Gasteiger partial charge < -0.3 is 15.0 Å². The number of benzene rings is 1. The minimum Gasteiger partial charge on any atom is -0.462 e. The maximum Gasteiger partial charge on any atom is 0.341 e. The van der Waals surface area contributed by atoms with Crippen molar-refractivity contribution >= 4 is 61.5 Å². The number of aryl methyl sites for hydroxylation is 1. The molecule has 1 aromatic carbocycles. The predicted molar refractivity (Wildman–Crippen MR) is 151 cm³/mol. The third-order valence-corrected chi connectivity index (χ3v) is 9.41. The topological polar surface area (TPSA) is 101 Å². The van der Waals surface area contributed by atoms with E-state index in [1.54, 1.807) is 6.92 Å². The Morgan fingerprint density at radius 2 is 2.03 bits per heavy atom. The number of nitrogens with zero attached hydrogens (tertiary/aromatic N) is 1. The molecule has 3 heterocycles. The van der Waals surface area contributed by atoms with Gasteiger partial charge in [0.1, 0.15) is 9.83 Å². The van der Waals surface area contributed by atoms with Crippen molar-refractivity contribution in [1.29, 1.82) is 0 Å². The molecule has 5 rings (SSSR count). The fourth-order valence-corrected chi connectivity index (χ4v) is 7.85. The molecule has 7 nitrogen and oxygen atoms in total. The second kappa shape index (κ2) is 10.8. The lowest BCUT2D eigenvalue weighted by atomic mass is 9.88. The van der Waals surface area contributed by atoms with Crippen molar-refractivity contribution in [3.63, 3.8) is 0 Å². The van der Waals surface area contributed by atoms with Crippen LogP contribution in [0.4, 0.5) is 5.00 Å². The minimum atomic E-state index is -0.392. The number of thioether (sulfide) groups is 1. The first kappa shape index (κ1) is 25.7. The van der Waals surface area contributed by atoms with E-state index in [9.17, 15) is 14.4 Å². The molecule has 3 aromatic heterocycles. The fraction of sp³-hybridized carbons (Fsp3) is 0.333. The zero-order valence-corrected chi connectivity index (χ0v) is 23.3. The first-order valence-electron chi connectivity index (χ1n) is 12.2. The molecule has 1 atom stereocenters. The average molecular weight is 554 g/mol. The van der Waals surface area contributed by atoms with Gasteiger partial charge in [0.2, 0.25) is 5.91 Å². The quantitative estimate of drug-likeness (QED) is 0.164. The van der Waals surface area contributed by atoms with Crippen LogP contribution in [0.3, 0.4) is 0 Å². The average Bonchev–Trinajstić information content (AvgIpc) is 3.39. The molecular formula is C27H27N3O4S3. The van der Waals surface area contributed by atoms with Crippen molar-refractivity contribution in [1.82, 2.24) is 9.97 Å². The van der Waals surface area contributed by atoms with Gasteiger partial charge in [-0.1, -0.05) is 49.0 Å². The van der Waals surface area contributed by atoms with Crippen LogP contribution in [-0.4, -0.2) is 34.2 Å². The van der Waals surface area contributed by atoms with E-state index < -0.39 is 5.97 Å². The van der Waals surface area contributed by atoms with E-state index in [-0.39, 0.29) is 23.8 Å². The number of nitrogens with one attached hydrogen (secondary N) is 2. The van der Waals surface area contributed by atoms with Gasteiger partial charge in [0.05, 0.1) is 23.3 Å². The van der Waals surface area contributed by atoms with Gasteiger partial charge in [-0.3, -0.25) is 9.59 Å². The molecule has 1 unspecified atom stereocenters. The van der Waals surface area contributed by atoms with Crippen LogP contribution in [0.25, 0.3) is 21.3 Å². The third kappa shape index (κ3) is 5.23. The molecule has 1 aliphatic carbocycles. The Morgan fingerprint density at radius 3 is 2.78 bits per heavy atom. The van der Waals surface area contributed by atoms with E-state index >= 15 is 0 Å². The molecule has 37 heavy (non-hydrogen) atoms. The monoisotopic (exact) mass is 553 g/mol. The van der Waals surface area contributed by atoms with Gasteiger partial charge in [-0.05, 0) is 50.2 Å². The highest BCUT2D eigenvalue weighted by Crippen LogP contribution is 2.40. The number of H-pyrrole nitrogens is 1. The summed E-state index contributed by atoms with van der Waals surface area (Å²) in [6.07, 6.45) is 2.71. The number of thiophene rings is 2. The molecule has 0 radical (unpaired) electrons. The molecule has 1 aliphatic rings. The molecule has 0 saturated carbocycles. The molecule has 2 N–H and O–H groups in total. The predicted octanol–water partition coefficient (Wildman–Crippen LogP) is 6.05. The largest absolute Gasteiger partial charge is 0.462 e. The number of rotatable bonds is 7. The van der Waals surface area contributed by atoms with Gasteiger partial charge in [-0.25, -0.2) is 9.78 Å². The first-order chi connectivity index (χ1) is 17.9. The van der Waals surface area contributed by atoms with Gasteiger partial charge >= 0.3 is 5.97 Å². The molecule has 0 bridgehead atoms. The van der Waals surface area contributed by atoms with Crippen LogP contribution in [0, 0.1) is 12.8 Å². The second-order valence-corrected chi connectivity index (χ2v) is 12.3. The summed E-state index contributed by atoms with van der Waals surface area (Å²) >= 11 is 4.10. The van der Waals surface area contributed by atoms with Gasteiger partial charge in [0.15, 0.2) is 5.16 Å². The number of anilines is 1. The summed E-state index contributed by atoms with van der Waals surface area (Å²) in [5, 5.41) is 4.42. The summed E-state index contributed by atoms with van der Waals surface area (Å²) in [6, 6.07) is 9.79. The van der Waals surface area contributed by atoms with E-state index in [4.69, 9.17) is 4.74 Å². The molecule has 0 spiro atoms. The Morgan fingerprint density at radius 1 is 1.24 bits per heavy atom. The number of aromatic nitrogens is 2. The molecule has 4 aromatic rings. The number of hydrogen-bond donors (Lipinski definition) is 2. The lowest BCUT2D eigenvalue weighted by Crippen LogP contribution is -2.18. The van der Waals surface area contributed by atoms with E-state index in [0.717, 1.165) is 57.5 Å². The highest BCUT2D eigenvalue weighted by Gasteiger charge is 2.29. The van der Waals surface area contributed by atoms with Crippen LogP contribution in [-0.2, 0) is 22.4 Å². The van der Waals surface area contributed by atoms with Crippen molar-refractivity contribution in [2.75, 3.05) is 17.7 Å². The number of fused-ring (bicyclic) bond motifs is 2. The SMILES string of the molecule is CCOC(=O)c1c(NC(=O)CSc2nc3sc(C)c(-c4ccccc4)c3c(=O)[nH]2)sc2c1CCC(C)C2. The smallest absolute Gasteiger partial charge is 0.341 e. The van der Waals surface area contributed by atoms with Crippen molar-refractivity contribution in [2.45, 2.75) is 45.2 Å².